The molecule has 15 heavy (non-hydrogen) atoms. The van der Waals surface area contributed by atoms with Crippen LogP contribution in [0.3, 0.4) is 0 Å². The molecule has 0 bridgehead atoms. The third kappa shape index (κ3) is 2.98. The molecule has 2 rings (SSSR count). The molecule has 0 spiro atoms. The summed E-state index contributed by atoms with van der Waals surface area (Å²) in [6.07, 6.45) is 4.14. The van der Waals surface area contributed by atoms with Crippen LogP contribution >= 0.6 is 27.7 Å². The van der Waals surface area contributed by atoms with E-state index in [2.05, 4.69) is 31.2 Å². The van der Waals surface area contributed by atoms with Crippen LogP contribution in [0, 0.1) is 0 Å². The van der Waals surface area contributed by atoms with Crippen molar-refractivity contribution >= 4 is 39.5 Å². The molecule has 82 valence electrons. The normalized spacial score (nSPS) is 21.3. The number of rotatable bonds is 2. The lowest BCUT2D eigenvalue weighted by Gasteiger charge is -2.23. The highest BCUT2D eigenvalue weighted by molar-refractivity contribution is 9.10. The Kier molecular flexibility index (Phi) is 3.69. The molecule has 0 aliphatic carbocycles. The van der Waals surface area contributed by atoms with E-state index in [-0.39, 0.29) is 0 Å². The summed E-state index contributed by atoms with van der Waals surface area (Å²) in [6.45, 7) is 0. The molecule has 1 aliphatic heterocycles. The van der Waals surface area contributed by atoms with Gasteiger partial charge in [0.2, 0.25) is 5.95 Å². The van der Waals surface area contributed by atoms with Gasteiger partial charge in [-0.2, -0.15) is 16.7 Å². The smallest absolute Gasteiger partial charge is 0.221 e. The predicted molar refractivity (Wildman–Crippen MR) is 68.1 cm³/mol. The molecule has 4 nitrogen and oxygen atoms in total. The van der Waals surface area contributed by atoms with E-state index in [1.807, 2.05) is 11.8 Å². The largest absolute Gasteiger partial charge is 0.368 e. The third-order valence-electron chi connectivity index (χ3n) is 2.26. The maximum absolute atomic E-state index is 5.54. The zero-order chi connectivity index (χ0) is 10.7. The second-order valence-corrected chi connectivity index (χ2v) is 5.49. The molecule has 1 aromatic heterocycles. The van der Waals surface area contributed by atoms with Crippen molar-refractivity contribution in [1.82, 2.24) is 9.97 Å². The number of halogens is 1. The molecule has 6 heteroatoms. The molecule has 1 fully saturated rings. The quantitative estimate of drug-likeness (QED) is 0.873. The van der Waals surface area contributed by atoms with E-state index in [1.165, 1.54) is 18.6 Å². The molecular weight excluding hydrogens is 276 g/mol. The molecule has 3 N–H and O–H groups in total. The summed E-state index contributed by atoms with van der Waals surface area (Å²) in [5.41, 5.74) is 5.54. The molecular formula is C9H13BrN4S. The number of anilines is 2. The van der Waals surface area contributed by atoms with Crippen LogP contribution in [0.5, 0.6) is 0 Å². The Morgan fingerprint density at radius 2 is 2.47 bits per heavy atom. The van der Waals surface area contributed by atoms with Gasteiger partial charge in [0, 0.05) is 18.0 Å². The van der Waals surface area contributed by atoms with Crippen LogP contribution in [-0.2, 0) is 0 Å². The number of nitrogen functional groups attached to an aromatic ring is 1. The fourth-order valence-corrected chi connectivity index (χ4v) is 2.91. The molecule has 1 atom stereocenters. The van der Waals surface area contributed by atoms with E-state index >= 15 is 0 Å². The first-order chi connectivity index (χ1) is 7.25. The number of nitrogens with zero attached hydrogens (tertiary/aromatic N) is 2. The van der Waals surface area contributed by atoms with Gasteiger partial charge in [-0.05, 0) is 34.5 Å². The van der Waals surface area contributed by atoms with Crippen molar-refractivity contribution in [2.45, 2.75) is 18.9 Å². The van der Waals surface area contributed by atoms with Crippen LogP contribution in [0.15, 0.2) is 10.7 Å². The van der Waals surface area contributed by atoms with Gasteiger partial charge in [0.1, 0.15) is 5.82 Å². The summed E-state index contributed by atoms with van der Waals surface area (Å²) in [4.78, 5) is 8.07. The number of nitrogens with one attached hydrogen (secondary N) is 1. The highest BCUT2D eigenvalue weighted by atomic mass is 79.9. The van der Waals surface area contributed by atoms with Gasteiger partial charge in [0.05, 0.1) is 4.47 Å². The number of hydrogen-bond donors (Lipinski definition) is 2. The van der Waals surface area contributed by atoms with Crippen LogP contribution < -0.4 is 11.1 Å². The molecule has 0 amide bonds. The van der Waals surface area contributed by atoms with Crippen molar-refractivity contribution < 1.29 is 0 Å². The molecule has 0 radical (unpaired) electrons. The van der Waals surface area contributed by atoms with Gasteiger partial charge in [-0.3, -0.25) is 0 Å². The molecule has 1 aliphatic rings. The fraction of sp³-hybridized carbons (Fsp3) is 0.556. The van der Waals surface area contributed by atoms with Crippen molar-refractivity contribution in [3.63, 3.8) is 0 Å². The Morgan fingerprint density at radius 1 is 1.60 bits per heavy atom. The van der Waals surface area contributed by atoms with Gasteiger partial charge in [-0.15, -0.1) is 0 Å². The van der Waals surface area contributed by atoms with Crippen molar-refractivity contribution in [2.75, 3.05) is 22.6 Å². The fourth-order valence-electron chi connectivity index (χ4n) is 1.53. The van der Waals surface area contributed by atoms with Gasteiger partial charge in [-0.25, -0.2) is 4.98 Å². The maximum Gasteiger partial charge on any atom is 0.221 e. The Balaban J connectivity index is 2.05. The number of thioether (sulfide) groups is 1. The summed E-state index contributed by atoms with van der Waals surface area (Å²) in [5, 5.41) is 3.39. The van der Waals surface area contributed by atoms with Crippen LogP contribution in [0.2, 0.25) is 0 Å². The third-order valence-corrected chi connectivity index (χ3v) is 4.06. The zero-order valence-corrected chi connectivity index (χ0v) is 10.6. The Hall–Kier alpha value is -0.490. The summed E-state index contributed by atoms with van der Waals surface area (Å²) >= 11 is 5.39. The molecule has 0 aromatic carbocycles. The topological polar surface area (TPSA) is 63.8 Å². The van der Waals surface area contributed by atoms with Crippen LogP contribution in [0.25, 0.3) is 0 Å². The van der Waals surface area contributed by atoms with Crippen LogP contribution in [0.4, 0.5) is 11.8 Å². The number of nitrogens with two attached hydrogens (primary N) is 1. The summed E-state index contributed by atoms with van der Waals surface area (Å²) in [7, 11) is 0. The second kappa shape index (κ2) is 5.03. The lowest BCUT2D eigenvalue weighted by molar-refractivity contribution is 0.682. The molecule has 1 aromatic rings. The highest BCUT2D eigenvalue weighted by Crippen LogP contribution is 2.24. The zero-order valence-electron chi connectivity index (χ0n) is 8.24. The van der Waals surface area contributed by atoms with Crippen molar-refractivity contribution in [3.05, 3.63) is 10.7 Å². The minimum absolute atomic E-state index is 0.309. The lowest BCUT2D eigenvalue weighted by atomic mass is 10.2. The van der Waals surface area contributed by atoms with E-state index in [4.69, 9.17) is 5.73 Å². The molecule has 2 heterocycles. The Labute approximate surface area is 102 Å². The van der Waals surface area contributed by atoms with Crippen LogP contribution in [-0.4, -0.2) is 27.5 Å². The van der Waals surface area contributed by atoms with Gasteiger partial charge < -0.3 is 11.1 Å². The van der Waals surface area contributed by atoms with E-state index < -0.39 is 0 Å². The van der Waals surface area contributed by atoms with E-state index in [0.717, 1.165) is 16.0 Å². The monoisotopic (exact) mass is 288 g/mol. The minimum Gasteiger partial charge on any atom is -0.368 e. The van der Waals surface area contributed by atoms with E-state index in [1.54, 1.807) is 6.20 Å². The number of hydrogen-bond acceptors (Lipinski definition) is 5. The summed E-state index contributed by atoms with van der Waals surface area (Å²) in [5.74, 6) is 3.51. The lowest BCUT2D eigenvalue weighted by Crippen LogP contribution is -2.26. The average Bonchev–Trinajstić information content (AvgIpc) is 2.25. The predicted octanol–water partition coefficient (Wildman–Crippen LogP) is 2.13. The first-order valence-electron chi connectivity index (χ1n) is 4.88. The van der Waals surface area contributed by atoms with E-state index in [0.29, 0.717) is 12.0 Å². The molecule has 1 saturated heterocycles. The maximum atomic E-state index is 5.54. The van der Waals surface area contributed by atoms with Gasteiger partial charge >= 0.3 is 0 Å². The van der Waals surface area contributed by atoms with Crippen LogP contribution in [0.1, 0.15) is 12.8 Å². The van der Waals surface area contributed by atoms with Gasteiger partial charge in [0.15, 0.2) is 0 Å². The van der Waals surface area contributed by atoms with Crippen molar-refractivity contribution in [1.29, 1.82) is 0 Å². The molecule has 1 unspecified atom stereocenters. The Morgan fingerprint density at radius 3 is 3.20 bits per heavy atom. The summed E-state index contributed by atoms with van der Waals surface area (Å²) in [6, 6.07) is 0.495. The first kappa shape index (κ1) is 11.0. The van der Waals surface area contributed by atoms with E-state index in [9.17, 15) is 0 Å². The van der Waals surface area contributed by atoms with Gasteiger partial charge in [-0.1, -0.05) is 0 Å². The minimum atomic E-state index is 0.309. The van der Waals surface area contributed by atoms with Gasteiger partial charge in [0.25, 0.3) is 0 Å². The Bertz CT molecular complexity index is 341. The number of aromatic nitrogens is 2. The molecule has 0 saturated carbocycles. The highest BCUT2D eigenvalue weighted by Gasteiger charge is 2.15. The standard InChI is InChI=1S/C9H13BrN4S/c10-7-4-12-9(11)14-8(7)13-6-2-1-3-15-5-6/h4,6H,1-3,5H2,(H3,11,12,13,14). The first-order valence-corrected chi connectivity index (χ1v) is 6.83. The van der Waals surface area contributed by atoms with Crippen molar-refractivity contribution in [2.24, 2.45) is 0 Å². The summed E-state index contributed by atoms with van der Waals surface area (Å²) < 4.78 is 0.868. The van der Waals surface area contributed by atoms with Crippen molar-refractivity contribution in [3.8, 4) is 0 Å². The average molecular weight is 289 g/mol. The second-order valence-electron chi connectivity index (χ2n) is 3.48. The SMILES string of the molecule is Nc1ncc(Br)c(NC2CCCSC2)n1.